The second-order valence-corrected chi connectivity index (χ2v) is 7.10. The maximum Gasteiger partial charge on any atom is 0.262 e. The van der Waals surface area contributed by atoms with E-state index in [9.17, 15) is 14.4 Å². The molecule has 0 radical (unpaired) electrons. The molecule has 0 saturated carbocycles. The number of nitrogens with two attached hydrogens (primary N) is 1. The van der Waals surface area contributed by atoms with Gasteiger partial charge in [0.05, 0.1) is 17.4 Å². The lowest BCUT2D eigenvalue weighted by Gasteiger charge is -2.11. The Morgan fingerprint density at radius 3 is 2.50 bits per heavy atom. The van der Waals surface area contributed by atoms with Gasteiger partial charge in [0.1, 0.15) is 12.3 Å². The molecule has 4 N–H and O–H groups in total. The predicted octanol–water partition coefficient (Wildman–Crippen LogP) is 2.40. The molecule has 3 aromatic rings. The monoisotopic (exact) mass is 471 g/mol. The second-order valence-electron chi connectivity index (χ2n) is 6.19. The summed E-state index contributed by atoms with van der Waals surface area (Å²) in [7, 11) is 0. The topological polar surface area (TPSA) is 128 Å². The summed E-state index contributed by atoms with van der Waals surface area (Å²) in [6.45, 7) is -0.361. The number of rotatable bonds is 8. The summed E-state index contributed by atoms with van der Waals surface area (Å²) in [5.74, 6) is -1.10. The van der Waals surface area contributed by atoms with E-state index in [0.717, 1.165) is 4.47 Å². The van der Waals surface area contributed by atoms with Gasteiger partial charge in [0.25, 0.3) is 11.8 Å². The largest absolute Gasteiger partial charge is 0.483 e. The van der Waals surface area contributed by atoms with E-state index in [0.29, 0.717) is 11.4 Å². The number of nitrogens with one attached hydrogen (secondary N) is 2. The Morgan fingerprint density at radius 1 is 1.03 bits per heavy atom. The van der Waals surface area contributed by atoms with E-state index in [2.05, 4.69) is 31.7 Å². The number of nitrogens with zero attached hydrogens (tertiary/aromatic N) is 2. The van der Waals surface area contributed by atoms with Gasteiger partial charge >= 0.3 is 0 Å². The molecule has 1 heterocycles. The quantitative estimate of drug-likeness (QED) is 0.464. The number of halogens is 1. The minimum atomic E-state index is -0.545. The van der Waals surface area contributed by atoms with Crippen molar-refractivity contribution in [1.82, 2.24) is 9.78 Å². The van der Waals surface area contributed by atoms with Crippen molar-refractivity contribution in [3.05, 3.63) is 71.0 Å². The lowest BCUT2D eigenvalue weighted by Crippen LogP contribution is -2.21. The molecule has 0 saturated heterocycles. The number of benzene rings is 2. The van der Waals surface area contributed by atoms with Gasteiger partial charge < -0.3 is 21.1 Å². The molecule has 30 heavy (non-hydrogen) atoms. The van der Waals surface area contributed by atoms with Crippen LogP contribution >= 0.6 is 15.9 Å². The fraction of sp³-hybridized carbons (Fsp3) is 0.100. The zero-order chi connectivity index (χ0) is 21.5. The van der Waals surface area contributed by atoms with Gasteiger partial charge in [-0.3, -0.25) is 19.1 Å². The van der Waals surface area contributed by atoms with Gasteiger partial charge in [-0.05, 0) is 36.4 Å². The lowest BCUT2D eigenvalue weighted by atomic mass is 10.2. The van der Waals surface area contributed by atoms with Gasteiger partial charge in [0, 0.05) is 16.4 Å². The van der Waals surface area contributed by atoms with E-state index in [1.807, 2.05) is 12.1 Å². The normalized spacial score (nSPS) is 10.3. The van der Waals surface area contributed by atoms with E-state index in [1.54, 1.807) is 36.4 Å². The van der Waals surface area contributed by atoms with Crippen LogP contribution in [0.25, 0.3) is 0 Å². The molecular formula is C20H18BrN5O4. The Kier molecular flexibility index (Phi) is 6.81. The summed E-state index contributed by atoms with van der Waals surface area (Å²) in [6, 6.07) is 13.7. The van der Waals surface area contributed by atoms with Crippen LogP contribution in [0.1, 0.15) is 10.4 Å². The smallest absolute Gasteiger partial charge is 0.262 e. The molecule has 1 aromatic heterocycles. The van der Waals surface area contributed by atoms with Crippen molar-refractivity contribution >= 4 is 45.0 Å². The average Bonchev–Trinajstić information content (AvgIpc) is 3.14. The van der Waals surface area contributed by atoms with Crippen molar-refractivity contribution in [2.45, 2.75) is 6.54 Å². The number of amides is 3. The first-order chi connectivity index (χ1) is 14.4. The van der Waals surface area contributed by atoms with Crippen molar-refractivity contribution in [2.75, 3.05) is 17.2 Å². The third-order valence-corrected chi connectivity index (χ3v) is 4.36. The van der Waals surface area contributed by atoms with E-state index in [1.165, 1.54) is 17.1 Å². The molecule has 0 unspecified atom stereocenters. The van der Waals surface area contributed by atoms with Crippen LogP contribution in [0.4, 0.5) is 11.4 Å². The highest BCUT2D eigenvalue weighted by molar-refractivity contribution is 9.10. The Hall–Kier alpha value is -3.66. The summed E-state index contributed by atoms with van der Waals surface area (Å²) >= 11 is 3.33. The predicted molar refractivity (Wildman–Crippen MR) is 114 cm³/mol. The zero-order valence-corrected chi connectivity index (χ0v) is 17.3. The van der Waals surface area contributed by atoms with Gasteiger partial charge in [0.15, 0.2) is 6.61 Å². The second kappa shape index (κ2) is 9.70. The van der Waals surface area contributed by atoms with Gasteiger partial charge in [-0.1, -0.05) is 28.1 Å². The maximum atomic E-state index is 12.6. The molecule has 0 aliphatic rings. The van der Waals surface area contributed by atoms with Gasteiger partial charge in [0.2, 0.25) is 5.91 Å². The summed E-state index contributed by atoms with van der Waals surface area (Å²) in [6.07, 6.45) is 2.88. The fourth-order valence-electron chi connectivity index (χ4n) is 2.53. The van der Waals surface area contributed by atoms with E-state index in [-0.39, 0.29) is 30.4 Å². The summed E-state index contributed by atoms with van der Waals surface area (Å²) in [5.41, 5.74) is 6.39. The van der Waals surface area contributed by atoms with Crippen LogP contribution in [0.15, 0.2) is 65.4 Å². The highest BCUT2D eigenvalue weighted by atomic mass is 79.9. The molecular weight excluding hydrogens is 454 g/mol. The number of carbonyl (C=O) groups is 3. The number of carbonyl (C=O) groups excluding carboxylic acids is 3. The standard InChI is InChI=1S/C20H18BrN5O4/c21-13-5-7-14(8-6-13)24-19(28)12-30-17-4-2-1-3-16(17)20(29)25-15-9-23-26(10-15)11-18(22)27/h1-10H,11-12H2,(H2,22,27)(H,24,28)(H,25,29). The summed E-state index contributed by atoms with van der Waals surface area (Å²) in [4.78, 5) is 35.7. The molecule has 0 spiro atoms. The number of primary amides is 1. The van der Waals surface area contributed by atoms with Crippen LogP contribution in [0, 0.1) is 0 Å². The molecule has 154 valence electrons. The SMILES string of the molecule is NC(=O)Cn1cc(NC(=O)c2ccccc2OCC(=O)Nc2ccc(Br)cc2)cn1. The number of para-hydroxylation sites is 1. The number of ether oxygens (including phenoxy) is 1. The third kappa shape index (κ3) is 5.92. The van der Waals surface area contributed by atoms with Gasteiger partial charge in [-0.2, -0.15) is 5.10 Å². The van der Waals surface area contributed by atoms with Crippen molar-refractivity contribution in [3.8, 4) is 5.75 Å². The van der Waals surface area contributed by atoms with E-state index < -0.39 is 11.8 Å². The first-order valence-corrected chi connectivity index (χ1v) is 9.59. The minimum Gasteiger partial charge on any atom is -0.483 e. The molecule has 0 bridgehead atoms. The molecule has 0 atom stereocenters. The lowest BCUT2D eigenvalue weighted by molar-refractivity contribution is -0.119. The number of anilines is 2. The Bertz CT molecular complexity index is 1070. The molecule has 0 fully saturated rings. The molecule has 2 aromatic carbocycles. The van der Waals surface area contributed by atoms with Crippen molar-refractivity contribution < 1.29 is 19.1 Å². The zero-order valence-electron chi connectivity index (χ0n) is 15.7. The van der Waals surface area contributed by atoms with Crippen LogP contribution in [-0.4, -0.2) is 34.1 Å². The number of aromatic nitrogens is 2. The van der Waals surface area contributed by atoms with Gasteiger partial charge in [-0.15, -0.1) is 0 Å². The highest BCUT2D eigenvalue weighted by Crippen LogP contribution is 2.20. The number of hydrogen-bond donors (Lipinski definition) is 3. The third-order valence-electron chi connectivity index (χ3n) is 3.83. The molecule has 0 aliphatic carbocycles. The maximum absolute atomic E-state index is 12.6. The first kappa shape index (κ1) is 21.1. The van der Waals surface area contributed by atoms with Crippen LogP contribution < -0.4 is 21.1 Å². The minimum absolute atomic E-state index is 0.0942. The summed E-state index contributed by atoms with van der Waals surface area (Å²) in [5, 5.41) is 9.32. The molecule has 3 amide bonds. The molecule has 9 nitrogen and oxygen atoms in total. The van der Waals surface area contributed by atoms with Crippen LogP contribution in [0.2, 0.25) is 0 Å². The van der Waals surface area contributed by atoms with Crippen LogP contribution in [0.3, 0.4) is 0 Å². The molecule has 3 rings (SSSR count). The summed E-state index contributed by atoms with van der Waals surface area (Å²) < 4.78 is 7.76. The fourth-order valence-corrected chi connectivity index (χ4v) is 2.79. The van der Waals surface area contributed by atoms with Crippen LogP contribution in [-0.2, 0) is 16.1 Å². The Balaban J connectivity index is 1.61. The first-order valence-electron chi connectivity index (χ1n) is 8.80. The Morgan fingerprint density at radius 2 is 1.77 bits per heavy atom. The number of hydrogen-bond acceptors (Lipinski definition) is 5. The average molecular weight is 472 g/mol. The van der Waals surface area contributed by atoms with Gasteiger partial charge in [-0.25, -0.2) is 0 Å². The van der Waals surface area contributed by atoms with E-state index >= 15 is 0 Å². The van der Waals surface area contributed by atoms with Crippen molar-refractivity contribution in [2.24, 2.45) is 5.73 Å². The van der Waals surface area contributed by atoms with Crippen molar-refractivity contribution in [1.29, 1.82) is 0 Å². The molecule has 0 aliphatic heterocycles. The van der Waals surface area contributed by atoms with E-state index in [4.69, 9.17) is 10.5 Å². The highest BCUT2D eigenvalue weighted by Gasteiger charge is 2.15. The molecule has 10 heteroatoms. The van der Waals surface area contributed by atoms with Crippen LogP contribution in [0.5, 0.6) is 5.75 Å². The van der Waals surface area contributed by atoms with Crippen molar-refractivity contribution in [3.63, 3.8) is 0 Å². The Labute approximate surface area is 180 Å².